The number of carbonyl (C=O) groups is 2. The largest absolute Gasteiger partial charge is 0.395 e. The normalized spacial score (nSPS) is 14.2. The van der Waals surface area contributed by atoms with Crippen molar-refractivity contribution in [3.63, 3.8) is 0 Å². The summed E-state index contributed by atoms with van der Waals surface area (Å²) in [7, 11) is 0. The summed E-state index contributed by atoms with van der Waals surface area (Å²) in [5.41, 5.74) is 0.960. The van der Waals surface area contributed by atoms with Crippen LogP contribution in [0.25, 0.3) is 0 Å². The van der Waals surface area contributed by atoms with Gasteiger partial charge in [-0.2, -0.15) is 5.26 Å². The minimum absolute atomic E-state index is 0.0510. The SMILES string of the molecule is N#Cc1cc(I)c(NC2=CC(=O)N(CCO)C2=O)cc1Cl. The first-order chi connectivity index (χ1) is 9.97. The summed E-state index contributed by atoms with van der Waals surface area (Å²) >= 11 is 7.95. The van der Waals surface area contributed by atoms with Crippen LogP contribution in [-0.2, 0) is 9.59 Å². The molecule has 0 saturated carbocycles. The van der Waals surface area contributed by atoms with E-state index < -0.39 is 11.8 Å². The highest BCUT2D eigenvalue weighted by atomic mass is 127. The number of rotatable bonds is 4. The van der Waals surface area contributed by atoms with Gasteiger partial charge in [0.25, 0.3) is 11.8 Å². The van der Waals surface area contributed by atoms with E-state index in [1.54, 1.807) is 6.07 Å². The van der Waals surface area contributed by atoms with Crippen LogP contribution >= 0.6 is 34.2 Å². The zero-order chi connectivity index (χ0) is 15.6. The molecule has 2 N–H and O–H groups in total. The predicted octanol–water partition coefficient (Wildman–Crippen LogP) is 1.47. The molecule has 0 saturated heterocycles. The lowest BCUT2D eigenvalue weighted by Gasteiger charge is -2.14. The fourth-order valence-corrected chi connectivity index (χ4v) is 2.59. The third-order valence-corrected chi connectivity index (χ3v) is 3.98. The Morgan fingerprint density at radius 2 is 2.14 bits per heavy atom. The number of β-amino-alcohol motifs (C(OH)–C–C–N with tert-alkyl or cyclic N) is 1. The molecule has 1 aromatic rings. The molecule has 21 heavy (non-hydrogen) atoms. The molecule has 0 bridgehead atoms. The highest BCUT2D eigenvalue weighted by Crippen LogP contribution is 2.28. The number of amides is 2. The Labute approximate surface area is 139 Å². The molecular weight excluding hydrogens is 409 g/mol. The van der Waals surface area contributed by atoms with E-state index in [1.807, 2.05) is 28.7 Å². The van der Waals surface area contributed by atoms with Crippen LogP contribution in [0.3, 0.4) is 0 Å². The van der Waals surface area contributed by atoms with E-state index >= 15 is 0 Å². The molecule has 0 unspecified atom stereocenters. The zero-order valence-corrected chi connectivity index (χ0v) is 13.5. The number of aliphatic hydroxyl groups is 1. The summed E-state index contributed by atoms with van der Waals surface area (Å²) in [5, 5.41) is 20.8. The Morgan fingerprint density at radius 3 is 2.76 bits per heavy atom. The summed E-state index contributed by atoms with van der Waals surface area (Å²) in [5.74, 6) is -0.989. The van der Waals surface area contributed by atoms with Crippen LogP contribution in [0, 0.1) is 14.9 Å². The number of benzene rings is 1. The summed E-state index contributed by atoms with van der Waals surface area (Å²) in [6.07, 6.45) is 1.17. The highest BCUT2D eigenvalue weighted by Gasteiger charge is 2.30. The molecule has 1 aromatic carbocycles. The van der Waals surface area contributed by atoms with E-state index in [0.29, 0.717) is 14.8 Å². The van der Waals surface area contributed by atoms with Gasteiger partial charge < -0.3 is 10.4 Å². The van der Waals surface area contributed by atoms with Gasteiger partial charge >= 0.3 is 0 Å². The van der Waals surface area contributed by atoms with Gasteiger partial charge in [-0.3, -0.25) is 14.5 Å². The fourth-order valence-electron chi connectivity index (χ4n) is 1.78. The Balaban J connectivity index is 2.26. The van der Waals surface area contributed by atoms with E-state index in [9.17, 15) is 9.59 Å². The lowest BCUT2D eigenvalue weighted by molar-refractivity contribution is -0.137. The number of nitrogens with one attached hydrogen (secondary N) is 1. The van der Waals surface area contributed by atoms with Crippen LogP contribution in [0.2, 0.25) is 5.02 Å². The number of carbonyl (C=O) groups excluding carboxylic acids is 2. The Morgan fingerprint density at radius 1 is 1.43 bits per heavy atom. The molecule has 0 atom stereocenters. The van der Waals surface area contributed by atoms with Crippen LogP contribution in [0.5, 0.6) is 0 Å². The fraction of sp³-hybridized carbons (Fsp3) is 0.154. The number of halogens is 2. The van der Waals surface area contributed by atoms with Crippen LogP contribution in [0.1, 0.15) is 5.56 Å². The average molecular weight is 418 g/mol. The van der Waals surface area contributed by atoms with Crippen molar-refractivity contribution in [2.24, 2.45) is 0 Å². The monoisotopic (exact) mass is 417 g/mol. The van der Waals surface area contributed by atoms with E-state index in [4.69, 9.17) is 22.0 Å². The molecular formula is C13H9ClIN3O3. The van der Waals surface area contributed by atoms with Gasteiger partial charge in [-0.1, -0.05) is 11.6 Å². The molecule has 8 heteroatoms. The average Bonchev–Trinajstić information content (AvgIpc) is 2.70. The maximum atomic E-state index is 12.0. The zero-order valence-electron chi connectivity index (χ0n) is 10.6. The third-order valence-electron chi connectivity index (χ3n) is 2.78. The Kier molecular flexibility index (Phi) is 4.82. The van der Waals surface area contributed by atoms with E-state index in [2.05, 4.69) is 5.32 Å². The predicted molar refractivity (Wildman–Crippen MR) is 84.4 cm³/mol. The van der Waals surface area contributed by atoms with Crippen molar-refractivity contribution >= 4 is 51.7 Å². The second-order valence-electron chi connectivity index (χ2n) is 4.13. The highest BCUT2D eigenvalue weighted by molar-refractivity contribution is 14.1. The van der Waals surface area contributed by atoms with Gasteiger partial charge in [0.05, 0.1) is 29.4 Å². The van der Waals surface area contributed by atoms with E-state index in [0.717, 1.165) is 4.90 Å². The van der Waals surface area contributed by atoms with Crippen LogP contribution in [0.15, 0.2) is 23.9 Å². The molecule has 1 heterocycles. The molecule has 1 aliphatic heterocycles. The molecule has 108 valence electrons. The smallest absolute Gasteiger partial charge is 0.277 e. The lowest BCUT2D eigenvalue weighted by atomic mass is 10.2. The van der Waals surface area contributed by atoms with Crippen molar-refractivity contribution in [2.75, 3.05) is 18.5 Å². The lowest BCUT2D eigenvalue weighted by Crippen LogP contribution is -2.34. The number of nitriles is 1. The van der Waals surface area contributed by atoms with Crippen LogP contribution in [-0.4, -0.2) is 35.0 Å². The minimum Gasteiger partial charge on any atom is -0.395 e. The number of hydrogen-bond donors (Lipinski definition) is 2. The maximum absolute atomic E-state index is 12.0. The molecule has 0 radical (unpaired) electrons. The third kappa shape index (κ3) is 3.18. The van der Waals surface area contributed by atoms with Gasteiger partial charge in [-0.25, -0.2) is 0 Å². The molecule has 0 fully saturated rings. The van der Waals surface area contributed by atoms with Gasteiger partial charge in [-0.15, -0.1) is 0 Å². The van der Waals surface area contributed by atoms with Crippen molar-refractivity contribution in [1.29, 1.82) is 5.26 Å². The number of imide groups is 1. The number of nitrogens with zero attached hydrogens (tertiary/aromatic N) is 2. The number of hydrogen-bond acceptors (Lipinski definition) is 5. The molecule has 0 aliphatic carbocycles. The quantitative estimate of drug-likeness (QED) is 0.572. The first-order valence-corrected chi connectivity index (χ1v) is 7.28. The molecule has 0 aromatic heterocycles. The van der Waals surface area contributed by atoms with Gasteiger partial charge in [0.2, 0.25) is 0 Å². The Bertz CT molecular complexity index is 697. The first kappa shape index (κ1) is 15.8. The van der Waals surface area contributed by atoms with E-state index in [1.165, 1.54) is 12.1 Å². The van der Waals surface area contributed by atoms with Gasteiger partial charge in [0.1, 0.15) is 11.8 Å². The number of aliphatic hydroxyl groups excluding tert-OH is 1. The maximum Gasteiger partial charge on any atom is 0.277 e. The summed E-state index contributed by atoms with van der Waals surface area (Å²) in [4.78, 5) is 24.6. The second kappa shape index (κ2) is 6.43. The molecule has 2 amide bonds. The van der Waals surface area contributed by atoms with Crippen LogP contribution in [0.4, 0.5) is 5.69 Å². The van der Waals surface area contributed by atoms with Crippen molar-refractivity contribution in [2.45, 2.75) is 0 Å². The molecule has 0 spiro atoms. The topological polar surface area (TPSA) is 93.4 Å². The van der Waals surface area contributed by atoms with Gasteiger partial charge in [0.15, 0.2) is 0 Å². The van der Waals surface area contributed by atoms with Crippen molar-refractivity contribution < 1.29 is 14.7 Å². The standard InChI is InChI=1S/C13H9ClIN3O3/c14-8-4-10(9(15)3-7(8)6-16)17-11-5-12(20)18(1-2-19)13(11)21/h3-5,17,19H,1-2H2. The van der Waals surface area contributed by atoms with Gasteiger partial charge in [-0.05, 0) is 34.7 Å². The van der Waals surface area contributed by atoms with Gasteiger partial charge in [0, 0.05) is 9.65 Å². The second-order valence-corrected chi connectivity index (χ2v) is 5.69. The van der Waals surface area contributed by atoms with E-state index in [-0.39, 0.29) is 23.9 Å². The number of anilines is 1. The molecule has 6 nitrogen and oxygen atoms in total. The molecule has 1 aliphatic rings. The summed E-state index contributed by atoms with van der Waals surface area (Å²) in [6, 6.07) is 5.07. The summed E-state index contributed by atoms with van der Waals surface area (Å²) in [6.45, 7) is -0.344. The van der Waals surface area contributed by atoms with Crippen LogP contribution < -0.4 is 5.32 Å². The van der Waals surface area contributed by atoms with Crippen molar-refractivity contribution in [3.05, 3.63) is 38.1 Å². The minimum atomic E-state index is -0.509. The Hall–Kier alpha value is -1.63. The van der Waals surface area contributed by atoms with Crippen molar-refractivity contribution in [1.82, 2.24) is 4.90 Å². The molecule has 2 rings (SSSR count). The first-order valence-electron chi connectivity index (χ1n) is 5.82. The van der Waals surface area contributed by atoms with Crippen molar-refractivity contribution in [3.8, 4) is 6.07 Å². The summed E-state index contributed by atoms with van der Waals surface area (Å²) < 4.78 is 0.690.